The summed E-state index contributed by atoms with van der Waals surface area (Å²) in [6.07, 6.45) is 4.46. The number of piperazine rings is 1. The number of amides is 1. The van der Waals surface area contributed by atoms with Gasteiger partial charge in [0.2, 0.25) is 10.0 Å². The molecule has 9 nitrogen and oxygen atoms in total. The van der Waals surface area contributed by atoms with Gasteiger partial charge in [-0.05, 0) is 65.1 Å². The molecule has 1 fully saturated rings. The van der Waals surface area contributed by atoms with Crippen LogP contribution in [0, 0.1) is 0 Å². The standard InChI is InChI=1S/C21H22N6O3S/c28-21(19-6-1-2-7-20(19)27-15-22-23-24-27)25-10-12-26(13-11-25)31(29,30)18-9-8-16-4-3-5-17(16)14-18/h1-2,6-9,14-15H,3-5,10-13H2. The summed E-state index contributed by atoms with van der Waals surface area (Å²) in [6, 6.07) is 12.6. The van der Waals surface area contributed by atoms with Crippen molar-refractivity contribution in [3.05, 3.63) is 65.5 Å². The van der Waals surface area contributed by atoms with Crippen LogP contribution in [0.5, 0.6) is 0 Å². The number of aryl methyl sites for hydroxylation is 2. The van der Waals surface area contributed by atoms with Crippen LogP contribution in [0.15, 0.2) is 53.7 Å². The van der Waals surface area contributed by atoms with E-state index in [1.165, 1.54) is 20.9 Å². The number of aromatic nitrogens is 4. The van der Waals surface area contributed by atoms with E-state index in [0.29, 0.717) is 29.2 Å². The molecule has 1 aromatic heterocycles. The van der Waals surface area contributed by atoms with Gasteiger partial charge in [-0.25, -0.2) is 8.42 Å². The molecule has 0 saturated carbocycles. The maximum Gasteiger partial charge on any atom is 0.256 e. The minimum absolute atomic E-state index is 0.166. The zero-order valence-corrected chi connectivity index (χ0v) is 17.7. The number of hydrogen-bond acceptors (Lipinski definition) is 6. The summed E-state index contributed by atoms with van der Waals surface area (Å²) in [5.41, 5.74) is 3.44. The lowest BCUT2D eigenvalue weighted by molar-refractivity contribution is 0.0697. The highest BCUT2D eigenvalue weighted by Gasteiger charge is 2.31. The van der Waals surface area contributed by atoms with E-state index in [1.807, 2.05) is 18.2 Å². The van der Waals surface area contributed by atoms with Gasteiger partial charge in [-0.3, -0.25) is 4.79 Å². The number of carbonyl (C=O) groups is 1. The number of carbonyl (C=O) groups excluding carboxylic acids is 1. The highest BCUT2D eigenvalue weighted by Crippen LogP contribution is 2.27. The van der Waals surface area contributed by atoms with Gasteiger partial charge in [0, 0.05) is 26.2 Å². The lowest BCUT2D eigenvalue weighted by Gasteiger charge is -2.34. The Kier molecular flexibility index (Phi) is 5.03. The van der Waals surface area contributed by atoms with E-state index in [9.17, 15) is 13.2 Å². The summed E-state index contributed by atoms with van der Waals surface area (Å²) in [6.45, 7) is 1.18. The molecule has 2 heterocycles. The largest absolute Gasteiger partial charge is 0.336 e. The van der Waals surface area contributed by atoms with Crippen LogP contribution in [0.4, 0.5) is 0 Å². The van der Waals surface area contributed by atoms with E-state index in [-0.39, 0.29) is 19.0 Å². The van der Waals surface area contributed by atoms with Gasteiger partial charge >= 0.3 is 0 Å². The molecule has 2 aliphatic rings. The summed E-state index contributed by atoms with van der Waals surface area (Å²) < 4.78 is 29.2. The first-order valence-corrected chi connectivity index (χ1v) is 11.7. The van der Waals surface area contributed by atoms with Crippen molar-refractivity contribution in [2.24, 2.45) is 0 Å². The van der Waals surface area contributed by atoms with Crippen molar-refractivity contribution in [2.45, 2.75) is 24.2 Å². The van der Waals surface area contributed by atoms with E-state index < -0.39 is 10.0 Å². The number of rotatable bonds is 4. The average molecular weight is 439 g/mol. The Morgan fingerprint density at radius 2 is 1.71 bits per heavy atom. The minimum Gasteiger partial charge on any atom is -0.336 e. The van der Waals surface area contributed by atoms with E-state index in [0.717, 1.165) is 24.8 Å². The van der Waals surface area contributed by atoms with Crippen molar-refractivity contribution in [1.82, 2.24) is 29.4 Å². The second-order valence-corrected chi connectivity index (χ2v) is 9.69. The van der Waals surface area contributed by atoms with Gasteiger partial charge in [-0.1, -0.05) is 18.2 Å². The Morgan fingerprint density at radius 3 is 2.48 bits per heavy atom. The molecular weight excluding hydrogens is 416 g/mol. The molecule has 0 atom stereocenters. The number of sulfonamides is 1. The summed E-state index contributed by atoms with van der Waals surface area (Å²) in [5.74, 6) is -0.166. The van der Waals surface area contributed by atoms with Crippen LogP contribution in [0.25, 0.3) is 5.69 Å². The van der Waals surface area contributed by atoms with E-state index in [4.69, 9.17) is 0 Å². The van der Waals surface area contributed by atoms with Gasteiger partial charge in [-0.15, -0.1) is 5.10 Å². The van der Waals surface area contributed by atoms with Gasteiger partial charge in [0.1, 0.15) is 6.33 Å². The third-order valence-corrected chi connectivity index (χ3v) is 7.86. The van der Waals surface area contributed by atoms with Crippen molar-refractivity contribution in [1.29, 1.82) is 0 Å². The molecule has 0 bridgehead atoms. The quantitative estimate of drug-likeness (QED) is 0.609. The van der Waals surface area contributed by atoms with Crippen molar-refractivity contribution in [3.63, 3.8) is 0 Å². The smallest absolute Gasteiger partial charge is 0.256 e. The normalized spacial score (nSPS) is 17.0. The topological polar surface area (TPSA) is 101 Å². The van der Waals surface area contributed by atoms with Crippen molar-refractivity contribution in [2.75, 3.05) is 26.2 Å². The second-order valence-electron chi connectivity index (χ2n) is 7.75. The fourth-order valence-electron chi connectivity index (χ4n) is 4.29. The number of nitrogens with zero attached hydrogens (tertiary/aromatic N) is 6. The molecule has 5 rings (SSSR count). The number of tetrazole rings is 1. The molecule has 3 aromatic rings. The molecule has 10 heteroatoms. The van der Waals surface area contributed by atoms with Crippen LogP contribution in [-0.4, -0.2) is 69.9 Å². The Balaban J connectivity index is 1.31. The molecule has 31 heavy (non-hydrogen) atoms. The van der Waals surface area contributed by atoms with E-state index in [2.05, 4.69) is 15.5 Å². The zero-order valence-electron chi connectivity index (χ0n) is 16.9. The van der Waals surface area contributed by atoms with E-state index in [1.54, 1.807) is 29.2 Å². The molecule has 1 aliphatic carbocycles. The van der Waals surface area contributed by atoms with Gasteiger partial charge in [0.15, 0.2) is 0 Å². The van der Waals surface area contributed by atoms with Crippen molar-refractivity contribution in [3.8, 4) is 5.69 Å². The van der Waals surface area contributed by atoms with Gasteiger partial charge in [0.05, 0.1) is 16.1 Å². The lowest BCUT2D eigenvalue weighted by Crippen LogP contribution is -2.50. The van der Waals surface area contributed by atoms with Crippen LogP contribution < -0.4 is 0 Å². The Labute approximate surface area is 180 Å². The van der Waals surface area contributed by atoms with Crippen LogP contribution in [0.1, 0.15) is 27.9 Å². The lowest BCUT2D eigenvalue weighted by atomic mass is 10.1. The number of hydrogen-bond donors (Lipinski definition) is 0. The molecular formula is C21H22N6O3S. The summed E-state index contributed by atoms with van der Waals surface area (Å²) in [7, 11) is -3.58. The fourth-order valence-corrected chi connectivity index (χ4v) is 5.76. The highest BCUT2D eigenvalue weighted by atomic mass is 32.2. The third-order valence-electron chi connectivity index (χ3n) is 5.96. The van der Waals surface area contributed by atoms with E-state index >= 15 is 0 Å². The Morgan fingerprint density at radius 1 is 0.935 bits per heavy atom. The molecule has 1 aliphatic heterocycles. The summed E-state index contributed by atoms with van der Waals surface area (Å²) >= 11 is 0. The zero-order chi connectivity index (χ0) is 21.4. The molecule has 0 radical (unpaired) electrons. The van der Waals surface area contributed by atoms with Crippen LogP contribution in [0.3, 0.4) is 0 Å². The minimum atomic E-state index is -3.58. The first kappa shape index (κ1) is 19.8. The Hall–Kier alpha value is -3.11. The molecule has 1 saturated heterocycles. The Bertz CT molecular complexity index is 1220. The molecule has 1 amide bonds. The first-order valence-electron chi connectivity index (χ1n) is 10.3. The monoisotopic (exact) mass is 438 g/mol. The molecule has 0 N–H and O–H groups in total. The molecule has 160 valence electrons. The second kappa shape index (κ2) is 7.86. The van der Waals surface area contributed by atoms with Crippen LogP contribution >= 0.6 is 0 Å². The molecule has 2 aromatic carbocycles. The number of benzene rings is 2. The average Bonchev–Trinajstić information content (AvgIpc) is 3.50. The predicted molar refractivity (Wildman–Crippen MR) is 112 cm³/mol. The third kappa shape index (κ3) is 3.61. The fraction of sp³-hybridized carbons (Fsp3) is 0.333. The van der Waals surface area contributed by atoms with Gasteiger partial charge < -0.3 is 4.90 Å². The summed E-state index contributed by atoms with van der Waals surface area (Å²) in [4.78, 5) is 15.2. The van der Waals surface area contributed by atoms with Gasteiger partial charge in [0.25, 0.3) is 5.91 Å². The highest BCUT2D eigenvalue weighted by molar-refractivity contribution is 7.89. The summed E-state index contributed by atoms with van der Waals surface area (Å²) in [5, 5.41) is 11.1. The first-order chi connectivity index (χ1) is 15.0. The van der Waals surface area contributed by atoms with Gasteiger partial charge in [-0.2, -0.15) is 8.99 Å². The SMILES string of the molecule is O=C(c1ccccc1-n1cnnn1)N1CCN(S(=O)(=O)c2ccc3c(c2)CCC3)CC1. The van der Waals surface area contributed by atoms with Crippen molar-refractivity contribution >= 4 is 15.9 Å². The molecule has 0 unspecified atom stereocenters. The van der Waals surface area contributed by atoms with Crippen LogP contribution in [-0.2, 0) is 22.9 Å². The predicted octanol–water partition coefficient (Wildman–Crippen LogP) is 1.30. The maximum atomic E-state index is 13.1. The number of para-hydroxylation sites is 1. The number of fused-ring (bicyclic) bond motifs is 1. The maximum absolute atomic E-state index is 13.1. The van der Waals surface area contributed by atoms with Crippen LogP contribution in [0.2, 0.25) is 0 Å². The van der Waals surface area contributed by atoms with Crippen molar-refractivity contribution < 1.29 is 13.2 Å². The molecule has 0 spiro atoms.